The Kier molecular flexibility index (Phi) is 4.83. The van der Waals surface area contributed by atoms with Crippen LogP contribution in [-0.2, 0) is 6.42 Å². The van der Waals surface area contributed by atoms with E-state index in [1.807, 2.05) is 24.3 Å². The Bertz CT molecular complexity index is 614. The van der Waals surface area contributed by atoms with Crippen LogP contribution in [0.2, 0.25) is 5.02 Å². The van der Waals surface area contributed by atoms with Gasteiger partial charge in [-0.1, -0.05) is 37.6 Å². The zero-order chi connectivity index (χ0) is 17.2. The fraction of sp³-hybridized carbons (Fsp3) is 0.556. The van der Waals surface area contributed by atoms with Crippen LogP contribution in [0.3, 0.4) is 0 Å². The van der Waals surface area contributed by atoms with Gasteiger partial charge in [0.15, 0.2) is 0 Å². The van der Waals surface area contributed by atoms with E-state index in [-0.39, 0.29) is 11.3 Å². The Labute approximate surface area is 148 Å². The van der Waals surface area contributed by atoms with Crippen LogP contribution < -0.4 is 5.43 Å². The van der Waals surface area contributed by atoms with Crippen LogP contribution in [-0.4, -0.2) is 41.4 Å². The van der Waals surface area contributed by atoms with Crippen molar-refractivity contribution in [2.24, 2.45) is 21.5 Å². The molecule has 1 aliphatic heterocycles. The highest BCUT2D eigenvalue weighted by Gasteiger charge is 2.54. The molecular formula is C18H25ClN4O. The van der Waals surface area contributed by atoms with E-state index >= 15 is 0 Å². The van der Waals surface area contributed by atoms with Gasteiger partial charge in [0.1, 0.15) is 6.34 Å². The Hall–Kier alpha value is -1.59. The smallest absolute Gasteiger partial charge is 0.131 e. The van der Waals surface area contributed by atoms with Crippen LogP contribution in [0, 0.1) is 11.3 Å². The first-order valence-electron chi connectivity index (χ1n) is 8.43. The van der Waals surface area contributed by atoms with Crippen LogP contribution >= 0.6 is 11.6 Å². The standard InChI is InChI=1S/C18H25ClN4O/c1-17(2)8-7-15(11-14-3-5-16(19)6-4-14)18(17,24)12-23-13-21-20-9-10-22-23/h3-6,10,13,15,20,24H,7-9,11-12H2,1-2H3. The lowest BCUT2D eigenvalue weighted by molar-refractivity contribution is -0.0864. The maximum Gasteiger partial charge on any atom is 0.131 e. The second-order valence-electron chi connectivity index (χ2n) is 7.38. The molecular weight excluding hydrogens is 324 g/mol. The third-order valence-electron chi connectivity index (χ3n) is 5.46. The van der Waals surface area contributed by atoms with Gasteiger partial charge in [0.2, 0.25) is 0 Å². The predicted molar refractivity (Wildman–Crippen MR) is 98.3 cm³/mol. The first-order chi connectivity index (χ1) is 11.4. The van der Waals surface area contributed by atoms with E-state index in [0.717, 1.165) is 24.3 Å². The summed E-state index contributed by atoms with van der Waals surface area (Å²) in [7, 11) is 0. The summed E-state index contributed by atoms with van der Waals surface area (Å²) < 4.78 is 0. The van der Waals surface area contributed by atoms with Crippen molar-refractivity contribution in [3.8, 4) is 0 Å². The van der Waals surface area contributed by atoms with Gasteiger partial charge in [0.25, 0.3) is 0 Å². The van der Waals surface area contributed by atoms with E-state index in [0.29, 0.717) is 13.1 Å². The molecule has 1 saturated carbocycles. The second kappa shape index (κ2) is 6.73. The SMILES string of the molecule is CC1(C)CCC(Cc2ccc(Cl)cc2)C1(O)CN1C=NNCC=N1. The van der Waals surface area contributed by atoms with Gasteiger partial charge in [-0.05, 0) is 48.3 Å². The van der Waals surface area contributed by atoms with Crippen molar-refractivity contribution in [1.29, 1.82) is 0 Å². The van der Waals surface area contributed by atoms with Crippen LogP contribution in [0.4, 0.5) is 0 Å². The van der Waals surface area contributed by atoms with E-state index in [1.165, 1.54) is 5.56 Å². The van der Waals surface area contributed by atoms with E-state index in [2.05, 4.69) is 29.5 Å². The lowest BCUT2D eigenvalue weighted by Crippen LogP contribution is -2.53. The van der Waals surface area contributed by atoms with E-state index in [1.54, 1.807) is 17.6 Å². The molecule has 2 unspecified atom stereocenters. The van der Waals surface area contributed by atoms with Gasteiger partial charge in [-0.15, -0.1) is 0 Å². The number of nitrogens with zero attached hydrogens (tertiary/aromatic N) is 3. The summed E-state index contributed by atoms with van der Waals surface area (Å²) >= 11 is 5.98. The normalized spacial score (nSPS) is 28.7. The van der Waals surface area contributed by atoms with Gasteiger partial charge < -0.3 is 10.5 Å². The highest BCUT2D eigenvalue weighted by molar-refractivity contribution is 6.30. The average Bonchev–Trinajstić information content (AvgIpc) is 2.74. The fourth-order valence-corrected chi connectivity index (χ4v) is 3.89. The van der Waals surface area contributed by atoms with Crippen molar-refractivity contribution in [3.05, 3.63) is 34.9 Å². The molecule has 1 heterocycles. The molecule has 0 bridgehead atoms. The van der Waals surface area contributed by atoms with Gasteiger partial charge in [-0.3, -0.25) is 5.01 Å². The van der Waals surface area contributed by atoms with Crippen LogP contribution in [0.15, 0.2) is 34.5 Å². The average molecular weight is 349 g/mol. The molecule has 0 spiro atoms. The molecule has 0 radical (unpaired) electrons. The molecule has 2 N–H and O–H groups in total. The lowest BCUT2D eigenvalue weighted by atomic mass is 9.72. The Morgan fingerprint density at radius 3 is 2.83 bits per heavy atom. The highest BCUT2D eigenvalue weighted by Crippen LogP contribution is 2.51. The molecule has 2 atom stereocenters. The summed E-state index contributed by atoms with van der Waals surface area (Å²) in [6.45, 7) is 5.33. The molecule has 3 rings (SSSR count). The maximum absolute atomic E-state index is 11.6. The zero-order valence-corrected chi connectivity index (χ0v) is 15.0. The summed E-state index contributed by atoms with van der Waals surface area (Å²) in [5.74, 6) is 0.175. The van der Waals surface area contributed by atoms with Gasteiger partial charge in [-0.25, -0.2) is 0 Å². The van der Waals surface area contributed by atoms with Crippen molar-refractivity contribution in [3.63, 3.8) is 0 Å². The molecule has 1 aliphatic carbocycles. The number of benzene rings is 1. The molecule has 0 amide bonds. The topological polar surface area (TPSA) is 60.2 Å². The summed E-state index contributed by atoms with van der Waals surface area (Å²) in [6, 6.07) is 7.91. The van der Waals surface area contributed by atoms with E-state index in [9.17, 15) is 5.11 Å². The Morgan fingerprint density at radius 1 is 1.33 bits per heavy atom. The number of nitrogens with one attached hydrogen (secondary N) is 1. The Morgan fingerprint density at radius 2 is 2.08 bits per heavy atom. The molecule has 1 aromatic carbocycles. The molecule has 130 valence electrons. The molecule has 1 fully saturated rings. The monoisotopic (exact) mass is 348 g/mol. The number of halogens is 1. The van der Waals surface area contributed by atoms with Crippen molar-refractivity contribution >= 4 is 24.2 Å². The number of hydrazone groups is 2. The predicted octanol–water partition coefficient (Wildman–Crippen LogP) is 2.88. The van der Waals surface area contributed by atoms with Gasteiger partial charge in [0, 0.05) is 11.2 Å². The lowest BCUT2D eigenvalue weighted by Gasteiger charge is -2.42. The number of hydrogen-bond donors (Lipinski definition) is 2. The summed E-state index contributed by atoms with van der Waals surface area (Å²) in [4.78, 5) is 0. The zero-order valence-electron chi connectivity index (χ0n) is 14.2. The van der Waals surface area contributed by atoms with Gasteiger partial charge in [0.05, 0.1) is 18.7 Å². The van der Waals surface area contributed by atoms with Gasteiger partial charge >= 0.3 is 0 Å². The second-order valence-corrected chi connectivity index (χ2v) is 7.81. The summed E-state index contributed by atoms with van der Waals surface area (Å²) in [5, 5.41) is 22.6. The molecule has 0 aromatic heterocycles. The number of hydrogen-bond acceptors (Lipinski definition) is 5. The largest absolute Gasteiger partial charge is 0.387 e. The van der Waals surface area contributed by atoms with Crippen molar-refractivity contribution in [2.45, 2.75) is 38.7 Å². The third-order valence-corrected chi connectivity index (χ3v) is 5.71. The first kappa shape index (κ1) is 17.2. The maximum atomic E-state index is 11.6. The van der Waals surface area contributed by atoms with Crippen molar-refractivity contribution in [2.75, 3.05) is 13.1 Å². The first-order valence-corrected chi connectivity index (χ1v) is 8.80. The van der Waals surface area contributed by atoms with Crippen molar-refractivity contribution < 1.29 is 5.11 Å². The number of rotatable bonds is 4. The minimum Gasteiger partial charge on any atom is -0.387 e. The minimum absolute atomic E-state index is 0.173. The molecule has 1 aromatic rings. The highest BCUT2D eigenvalue weighted by atomic mass is 35.5. The molecule has 6 heteroatoms. The molecule has 5 nitrogen and oxygen atoms in total. The molecule has 2 aliphatic rings. The van der Waals surface area contributed by atoms with Crippen molar-refractivity contribution in [1.82, 2.24) is 10.4 Å². The summed E-state index contributed by atoms with van der Waals surface area (Å²) in [5.41, 5.74) is 3.07. The fourth-order valence-electron chi connectivity index (χ4n) is 3.77. The molecule has 0 saturated heterocycles. The van der Waals surface area contributed by atoms with Crippen LogP contribution in [0.5, 0.6) is 0 Å². The quantitative estimate of drug-likeness (QED) is 0.879. The minimum atomic E-state index is -0.833. The number of β-amino-alcohol motifs (C(OH)–C–C–N with tert-alkyl or cyclic N) is 1. The number of aliphatic hydroxyl groups is 1. The van der Waals surface area contributed by atoms with Gasteiger partial charge in [-0.2, -0.15) is 10.2 Å². The van der Waals surface area contributed by atoms with E-state index < -0.39 is 5.60 Å². The third kappa shape index (κ3) is 3.42. The van der Waals surface area contributed by atoms with Crippen LogP contribution in [0.25, 0.3) is 0 Å². The Balaban J connectivity index is 1.81. The molecule has 24 heavy (non-hydrogen) atoms. The summed E-state index contributed by atoms with van der Waals surface area (Å²) in [6.07, 6.45) is 6.25. The van der Waals surface area contributed by atoms with E-state index in [4.69, 9.17) is 11.6 Å². The van der Waals surface area contributed by atoms with Crippen LogP contribution in [0.1, 0.15) is 32.3 Å².